The summed E-state index contributed by atoms with van der Waals surface area (Å²) in [6.07, 6.45) is 4.01. The van der Waals surface area contributed by atoms with Crippen LogP contribution in [-0.4, -0.2) is 25.8 Å². The Balaban J connectivity index is 2.22. The lowest BCUT2D eigenvalue weighted by Crippen LogP contribution is -2.37. The molecular formula is C19H28O4. The topological polar surface area (TPSA) is 44.8 Å². The third-order valence-corrected chi connectivity index (χ3v) is 5.08. The van der Waals surface area contributed by atoms with Crippen LogP contribution in [0, 0.1) is 20.8 Å². The number of carbonyl (C=O) groups excluding carboxylic acids is 1. The van der Waals surface area contributed by atoms with Crippen molar-refractivity contribution in [2.45, 2.75) is 65.4 Å². The minimum atomic E-state index is -0.223. The molecule has 4 heteroatoms. The molecule has 0 amide bonds. The van der Waals surface area contributed by atoms with Crippen LogP contribution >= 0.6 is 0 Å². The van der Waals surface area contributed by atoms with Gasteiger partial charge in [-0.2, -0.15) is 0 Å². The van der Waals surface area contributed by atoms with E-state index >= 15 is 0 Å². The number of hydrogen-bond acceptors (Lipinski definition) is 4. The summed E-state index contributed by atoms with van der Waals surface area (Å²) in [6.45, 7) is 8.42. The first-order valence-corrected chi connectivity index (χ1v) is 8.25. The van der Waals surface area contributed by atoms with Gasteiger partial charge in [-0.1, -0.05) is 0 Å². The molecule has 1 aromatic carbocycles. The van der Waals surface area contributed by atoms with Gasteiger partial charge in [-0.25, -0.2) is 0 Å². The second-order valence-corrected chi connectivity index (χ2v) is 6.70. The molecule has 0 radical (unpaired) electrons. The van der Waals surface area contributed by atoms with Gasteiger partial charge >= 0.3 is 5.97 Å². The first kappa shape index (κ1) is 17.6. The minimum Gasteiger partial charge on any atom is -0.496 e. The van der Waals surface area contributed by atoms with Gasteiger partial charge in [0.05, 0.1) is 14.2 Å². The molecule has 23 heavy (non-hydrogen) atoms. The number of benzene rings is 1. The van der Waals surface area contributed by atoms with Crippen LogP contribution < -0.4 is 9.47 Å². The van der Waals surface area contributed by atoms with Crippen molar-refractivity contribution in [3.8, 4) is 11.5 Å². The van der Waals surface area contributed by atoms with Crippen LogP contribution in [-0.2, 0) is 16.0 Å². The van der Waals surface area contributed by atoms with Crippen molar-refractivity contribution in [3.05, 3.63) is 22.3 Å². The van der Waals surface area contributed by atoms with Gasteiger partial charge in [-0.3, -0.25) is 4.79 Å². The Labute approximate surface area is 139 Å². The van der Waals surface area contributed by atoms with Gasteiger partial charge in [-0.05, 0) is 70.1 Å². The lowest BCUT2D eigenvalue weighted by Gasteiger charge is -2.38. The third kappa shape index (κ3) is 3.46. The maximum absolute atomic E-state index is 11.3. The van der Waals surface area contributed by atoms with E-state index < -0.39 is 0 Å². The molecule has 1 aliphatic rings. The monoisotopic (exact) mass is 320 g/mol. The number of hydrogen-bond donors (Lipinski definition) is 0. The fraction of sp³-hybridized carbons (Fsp3) is 0.632. The van der Waals surface area contributed by atoms with E-state index in [1.54, 1.807) is 7.11 Å². The lowest BCUT2D eigenvalue weighted by molar-refractivity contribution is -0.140. The molecule has 4 nitrogen and oxygen atoms in total. The van der Waals surface area contributed by atoms with Crippen molar-refractivity contribution < 1.29 is 19.0 Å². The standard InChI is InChI=1S/C19H28O4/c1-12-13(2)18-15(14(3)17(12)22-6)9-11-19(4,23-18)10-7-8-16(20)21-5/h7-11H2,1-6H3/t19-/m1/s1. The maximum atomic E-state index is 11.3. The van der Waals surface area contributed by atoms with Crippen LogP contribution in [0.1, 0.15) is 54.9 Å². The summed E-state index contributed by atoms with van der Waals surface area (Å²) in [5.41, 5.74) is 4.51. The van der Waals surface area contributed by atoms with Gasteiger partial charge in [0, 0.05) is 12.0 Å². The molecule has 0 aliphatic carbocycles. The summed E-state index contributed by atoms with van der Waals surface area (Å²) in [7, 11) is 3.15. The Hall–Kier alpha value is -1.71. The highest BCUT2D eigenvalue weighted by atomic mass is 16.5. The summed E-state index contributed by atoms with van der Waals surface area (Å²) >= 11 is 0. The number of carbonyl (C=O) groups is 1. The fourth-order valence-corrected chi connectivity index (χ4v) is 3.47. The Morgan fingerprint density at radius 3 is 2.48 bits per heavy atom. The first-order valence-electron chi connectivity index (χ1n) is 8.25. The van der Waals surface area contributed by atoms with Crippen molar-refractivity contribution in [2.75, 3.05) is 14.2 Å². The summed E-state index contributed by atoms with van der Waals surface area (Å²) in [5.74, 6) is 1.82. The van der Waals surface area contributed by atoms with Gasteiger partial charge in [0.2, 0.25) is 0 Å². The SMILES string of the molecule is COC(=O)CCC[C@]1(C)CCc2c(C)c(OC)c(C)c(C)c2O1. The van der Waals surface area contributed by atoms with Gasteiger partial charge in [0.25, 0.3) is 0 Å². The van der Waals surface area contributed by atoms with E-state index in [4.69, 9.17) is 14.2 Å². The van der Waals surface area contributed by atoms with Crippen molar-refractivity contribution in [1.29, 1.82) is 0 Å². The minimum absolute atomic E-state index is 0.155. The molecule has 0 aromatic heterocycles. The lowest BCUT2D eigenvalue weighted by atomic mass is 9.84. The normalized spacial score (nSPS) is 19.7. The Bertz CT molecular complexity index is 606. The van der Waals surface area contributed by atoms with Crippen molar-refractivity contribution in [1.82, 2.24) is 0 Å². The molecule has 2 rings (SSSR count). The highest BCUT2D eigenvalue weighted by Crippen LogP contribution is 2.44. The molecule has 1 atom stereocenters. The number of methoxy groups -OCH3 is 2. The average Bonchev–Trinajstić information content (AvgIpc) is 2.53. The molecule has 0 bridgehead atoms. The van der Waals surface area contributed by atoms with Crippen LogP contribution in [0.5, 0.6) is 11.5 Å². The van der Waals surface area contributed by atoms with E-state index in [0.29, 0.717) is 6.42 Å². The molecule has 1 heterocycles. The molecule has 0 saturated heterocycles. The van der Waals surface area contributed by atoms with Crippen molar-refractivity contribution in [3.63, 3.8) is 0 Å². The Morgan fingerprint density at radius 2 is 1.87 bits per heavy atom. The van der Waals surface area contributed by atoms with Crippen LogP contribution in [0.3, 0.4) is 0 Å². The predicted octanol–water partition coefficient (Wildman–Crippen LogP) is 4.05. The van der Waals surface area contributed by atoms with Gasteiger partial charge in [-0.15, -0.1) is 0 Å². The number of fused-ring (bicyclic) bond motifs is 1. The quantitative estimate of drug-likeness (QED) is 0.768. The van der Waals surface area contributed by atoms with E-state index in [1.165, 1.54) is 18.2 Å². The van der Waals surface area contributed by atoms with Crippen molar-refractivity contribution in [2.24, 2.45) is 0 Å². The zero-order chi connectivity index (χ0) is 17.2. The molecule has 1 aromatic rings. The smallest absolute Gasteiger partial charge is 0.305 e. The second-order valence-electron chi connectivity index (χ2n) is 6.70. The van der Waals surface area contributed by atoms with Crippen LogP contribution in [0.4, 0.5) is 0 Å². The van der Waals surface area contributed by atoms with Crippen LogP contribution in [0.25, 0.3) is 0 Å². The van der Waals surface area contributed by atoms with E-state index in [2.05, 4.69) is 27.7 Å². The molecule has 0 fully saturated rings. The molecule has 0 saturated carbocycles. The summed E-state index contributed by atoms with van der Waals surface area (Å²) in [4.78, 5) is 11.3. The first-order chi connectivity index (χ1) is 10.8. The fourth-order valence-electron chi connectivity index (χ4n) is 3.47. The average molecular weight is 320 g/mol. The third-order valence-electron chi connectivity index (χ3n) is 5.08. The second kappa shape index (κ2) is 6.81. The van der Waals surface area contributed by atoms with Gasteiger partial charge < -0.3 is 14.2 Å². The highest BCUT2D eigenvalue weighted by molar-refractivity contribution is 5.69. The molecule has 128 valence electrons. The zero-order valence-electron chi connectivity index (χ0n) is 15.2. The number of ether oxygens (including phenoxy) is 3. The number of esters is 1. The van der Waals surface area contributed by atoms with Crippen molar-refractivity contribution >= 4 is 5.97 Å². The zero-order valence-corrected chi connectivity index (χ0v) is 15.2. The number of rotatable bonds is 5. The molecular weight excluding hydrogens is 292 g/mol. The van der Waals surface area contributed by atoms with E-state index in [-0.39, 0.29) is 11.6 Å². The van der Waals surface area contributed by atoms with Crippen LogP contribution in [0.15, 0.2) is 0 Å². The Kier molecular flexibility index (Phi) is 5.23. The maximum Gasteiger partial charge on any atom is 0.305 e. The molecule has 1 aliphatic heterocycles. The van der Waals surface area contributed by atoms with Crippen LogP contribution in [0.2, 0.25) is 0 Å². The summed E-state index contributed by atoms with van der Waals surface area (Å²) in [6, 6.07) is 0. The summed E-state index contributed by atoms with van der Waals surface area (Å²) in [5, 5.41) is 0. The molecule has 0 unspecified atom stereocenters. The molecule has 0 N–H and O–H groups in total. The van der Waals surface area contributed by atoms with Gasteiger partial charge in [0.15, 0.2) is 0 Å². The largest absolute Gasteiger partial charge is 0.496 e. The summed E-state index contributed by atoms with van der Waals surface area (Å²) < 4.78 is 16.7. The highest BCUT2D eigenvalue weighted by Gasteiger charge is 2.34. The predicted molar refractivity (Wildman–Crippen MR) is 90.4 cm³/mol. The van der Waals surface area contributed by atoms with E-state index in [1.807, 2.05) is 0 Å². The Morgan fingerprint density at radius 1 is 1.17 bits per heavy atom. The van der Waals surface area contributed by atoms with Gasteiger partial charge in [0.1, 0.15) is 17.1 Å². The van der Waals surface area contributed by atoms with E-state index in [0.717, 1.165) is 48.3 Å². The van der Waals surface area contributed by atoms with E-state index in [9.17, 15) is 4.79 Å². The molecule has 0 spiro atoms.